The number of carbonyl (C=O) groups excluding carboxylic acids is 2. The molecule has 0 radical (unpaired) electrons. The lowest BCUT2D eigenvalue weighted by Gasteiger charge is -2.17. The third-order valence-electron chi connectivity index (χ3n) is 5.06. The number of benzene rings is 2. The summed E-state index contributed by atoms with van der Waals surface area (Å²) in [5.74, 6) is 0.654. The predicted molar refractivity (Wildman–Crippen MR) is 121 cm³/mol. The van der Waals surface area contributed by atoms with E-state index in [2.05, 4.69) is 0 Å². The maximum Gasteiger partial charge on any atom is 0.268 e. The molecule has 6 heteroatoms. The lowest BCUT2D eigenvalue weighted by atomic mass is 10.0. The summed E-state index contributed by atoms with van der Waals surface area (Å²) in [6.07, 6.45) is 0. The van der Waals surface area contributed by atoms with Gasteiger partial charge in [0, 0.05) is 5.25 Å². The highest BCUT2D eigenvalue weighted by atomic mass is 32.2. The predicted octanol–water partition coefficient (Wildman–Crippen LogP) is 4.74. The second kappa shape index (κ2) is 8.96. The highest BCUT2D eigenvalue weighted by Crippen LogP contribution is 2.39. The highest BCUT2D eigenvalue weighted by Gasteiger charge is 2.39. The fraction of sp³-hybridized carbons (Fsp3) is 0.333. The van der Waals surface area contributed by atoms with Crippen molar-refractivity contribution in [1.82, 2.24) is 4.90 Å². The summed E-state index contributed by atoms with van der Waals surface area (Å²) in [5, 5.41) is 0.180. The number of hydrogen-bond acceptors (Lipinski definition) is 5. The molecular weight excluding hydrogens is 398 g/mol. The summed E-state index contributed by atoms with van der Waals surface area (Å²) < 4.78 is 10.6. The molecule has 0 atom stereocenters. The van der Waals surface area contributed by atoms with Gasteiger partial charge in [-0.25, -0.2) is 0 Å². The van der Waals surface area contributed by atoms with Crippen molar-refractivity contribution in [1.29, 1.82) is 0 Å². The van der Waals surface area contributed by atoms with Gasteiger partial charge >= 0.3 is 0 Å². The van der Waals surface area contributed by atoms with Crippen LogP contribution in [0.4, 0.5) is 0 Å². The molecule has 1 aliphatic heterocycles. The molecule has 2 amide bonds. The number of hydrogen-bond donors (Lipinski definition) is 0. The van der Waals surface area contributed by atoms with Gasteiger partial charge < -0.3 is 9.47 Å². The van der Waals surface area contributed by atoms with Crippen molar-refractivity contribution >= 4 is 29.1 Å². The van der Waals surface area contributed by atoms with Gasteiger partial charge in [0.15, 0.2) is 11.5 Å². The lowest BCUT2D eigenvalue weighted by molar-refractivity contribution is -0.137. The first-order valence-electron chi connectivity index (χ1n) is 9.82. The topological polar surface area (TPSA) is 55.8 Å². The highest BCUT2D eigenvalue weighted by molar-refractivity contribution is 8.04. The molecule has 0 spiro atoms. The first-order valence-corrected chi connectivity index (χ1v) is 10.7. The minimum Gasteiger partial charge on any atom is -0.493 e. The Labute approximate surface area is 182 Å². The summed E-state index contributed by atoms with van der Waals surface area (Å²) in [6, 6.07) is 11.3. The number of amides is 2. The average Bonchev–Trinajstić information content (AvgIpc) is 2.93. The second-order valence-electron chi connectivity index (χ2n) is 7.56. The van der Waals surface area contributed by atoms with Crippen LogP contribution < -0.4 is 9.47 Å². The third kappa shape index (κ3) is 4.24. The van der Waals surface area contributed by atoms with Gasteiger partial charge in [0.05, 0.1) is 31.2 Å². The molecular formula is C24H27NO4S. The molecule has 5 nitrogen and oxygen atoms in total. The van der Waals surface area contributed by atoms with E-state index >= 15 is 0 Å². The molecule has 0 aliphatic carbocycles. The van der Waals surface area contributed by atoms with E-state index in [4.69, 9.17) is 9.47 Å². The van der Waals surface area contributed by atoms with E-state index in [0.717, 1.165) is 22.3 Å². The van der Waals surface area contributed by atoms with Crippen LogP contribution in [0.15, 0.2) is 41.3 Å². The van der Waals surface area contributed by atoms with Crippen LogP contribution in [0.2, 0.25) is 0 Å². The van der Waals surface area contributed by atoms with Crippen LogP contribution >= 0.6 is 11.8 Å². The van der Waals surface area contributed by atoms with E-state index in [1.165, 1.54) is 16.7 Å². The molecule has 0 bridgehead atoms. The van der Waals surface area contributed by atoms with Gasteiger partial charge in [0.1, 0.15) is 0 Å². The van der Waals surface area contributed by atoms with Crippen LogP contribution in [0.25, 0.3) is 5.57 Å². The van der Waals surface area contributed by atoms with Crippen LogP contribution in [0.3, 0.4) is 0 Å². The zero-order chi connectivity index (χ0) is 22.0. The summed E-state index contributed by atoms with van der Waals surface area (Å²) in [4.78, 5) is 28.4. The van der Waals surface area contributed by atoms with Gasteiger partial charge in [0.2, 0.25) is 0 Å². The zero-order valence-corrected chi connectivity index (χ0v) is 19.1. The standard InChI is InChI=1S/C24H27NO4S/c1-14(2)30-22-21(18-9-7-15(3)16(4)11-18)23(26)25(24(22)27)13-17-8-10-19(28-5)20(12-17)29-6/h7-12,14H,13H2,1-6H3. The minimum absolute atomic E-state index is 0.175. The second-order valence-corrected chi connectivity index (χ2v) is 9.14. The molecule has 2 aromatic rings. The maximum atomic E-state index is 13.4. The van der Waals surface area contributed by atoms with Crippen LogP contribution in [-0.4, -0.2) is 36.2 Å². The first-order chi connectivity index (χ1) is 14.3. The molecule has 0 unspecified atom stereocenters. The average molecular weight is 426 g/mol. The Bertz CT molecular complexity index is 1030. The number of ether oxygens (including phenoxy) is 2. The molecule has 1 aliphatic rings. The quantitative estimate of drug-likeness (QED) is 0.600. The van der Waals surface area contributed by atoms with Crippen molar-refractivity contribution in [2.45, 2.75) is 39.5 Å². The number of aryl methyl sites for hydroxylation is 2. The van der Waals surface area contributed by atoms with Gasteiger partial charge in [-0.2, -0.15) is 0 Å². The SMILES string of the molecule is COc1ccc(CN2C(=O)C(SC(C)C)=C(c3ccc(C)c(C)c3)C2=O)cc1OC. The van der Waals surface area contributed by atoms with E-state index in [9.17, 15) is 9.59 Å². The van der Waals surface area contributed by atoms with Crippen LogP contribution in [-0.2, 0) is 16.1 Å². The summed E-state index contributed by atoms with van der Waals surface area (Å²) in [5.41, 5.74) is 4.31. The normalized spacial score (nSPS) is 14.2. The third-order valence-corrected chi connectivity index (χ3v) is 6.15. The molecule has 0 fully saturated rings. The number of rotatable bonds is 7. The molecule has 1 heterocycles. The van der Waals surface area contributed by atoms with E-state index < -0.39 is 0 Å². The van der Waals surface area contributed by atoms with Gasteiger partial charge in [-0.3, -0.25) is 14.5 Å². The smallest absolute Gasteiger partial charge is 0.268 e. The van der Waals surface area contributed by atoms with E-state index in [-0.39, 0.29) is 23.6 Å². The van der Waals surface area contributed by atoms with Gasteiger partial charge in [-0.1, -0.05) is 38.1 Å². The Morgan fingerprint density at radius 2 is 1.60 bits per heavy atom. The molecule has 0 saturated carbocycles. The lowest BCUT2D eigenvalue weighted by Crippen LogP contribution is -2.31. The van der Waals surface area contributed by atoms with Crippen LogP contribution in [0, 0.1) is 13.8 Å². The number of carbonyl (C=O) groups is 2. The Hall–Kier alpha value is -2.73. The minimum atomic E-state index is -0.263. The monoisotopic (exact) mass is 425 g/mol. The molecule has 3 rings (SSSR count). The molecule has 0 aromatic heterocycles. The Morgan fingerprint density at radius 3 is 2.20 bits per heavy atom. The van der Waals surface area contributed by atoms with E-state index in [0.29, 0.717) is 22.0 Å². The van der Waals surface area contributed by atoms with Crippen molar-refractivity contribution in [2.75, 3.05) is 14.2 Å². The van der Waals surface area contributed by atoms with E-state index in [1.807, 2.05) is 52.0 Å². The van der Waals surface area contributed by atoms with Gasteiger partial charge in [0.25, 0.3) is 11.8 Å². The van der Waals surface area contributed by atoms with E-state index in [1.54, 1.807) is 26.4 Å². The molecule has 30 heavy (non-hydrogen) atoms. The molecule has 2 aromatic carbocycles. The maximum absolute atomic E-state index is 13.4. The fourth-order valence-electron chi connectivity index (χ4n) is 3.36. The van der Waals surface area contributed by atoms with Crippen molar-refractivity contribution in [2.24, 2.45) is 0 Å². The van der Waals surface area contributed by atoms with Crippen LogP contribution in [0.1, 0.15) is 36.1 Å². The summed E-state index contributed by atoms with van der Waals surface area (Å²) in [7, 11) is 3.13. The van der Waals surface area contributed by atoms with Crippen molar-refractivity contribution < 1.29 is 19.1 Å². The fourth-order valence-corrected chi connectivity index (χ4v) is 4.36. The number of thioether (sulfide) groups is 1. The number of imide groups is 1. The Kier molecular flexibility index (Phi) is 6.56. The summed E-state index contributed by atoms with van der Waals surface area (Å²) >= 11 is 1.44. The van der Waals surface area contributed by atoms with Crippen molar-refractivity contribution in [3.63, 3.8) is 0 Å². The molecule has 0 saturated heterocycles. The first kappa shape index (κ1) is 22.0. The molecule has 0 N–H and O–H groups in total. The van der Waals surface area contributed by atoms with Crippen LogP contribution in [0.5, 0.6) is 11.5 Å². The molecule has 158 valence electrons. The van der Waals surface area contributed by atoms with Gasteiger partial charge in [-0.05, 0) is 48.2 Å². The van der Waals surface area contributed by atoms with Crippen molar-refractivity contribution in [3.05, 3.63) is 63.6 Å². The largest absolute Gasteiger partial charge is 0.493 e. The van der Waals surface area contributed by atoms with Gasteiger partial charge in [-0.15, -0.1) is 11.8 Å². The van der Waals surface area contributed by atoms with Crippen molar-refractivity contribution in [3.8, 4) is 11.5 Å². The number of methoxy groups -OCH3 is 2. The Morgan fingerprint density at radius 1 is 0.900 bits per heavy atom. The Balaban J connectivity index is 1.99. The zero-order valence-electron chi connectivity index (χ0n) is 18.2. The number of nitrogens with zero attached hydrogens (tertiary/aromatic N) is 1. The summed E-state index contributed by atoms with van der Waals surface area (Å²) in [6.45, 7) is 8.25.